The van der Waals surface area contributed by atoms with Crippen LogP contribution >= 0.6 is 11.8 Å². The molecule has 86 valence electrons. The fourth-order valence-electron chi connectivity index (χ4n) is 1.40. The van der Waals surface area contributed by atoms with Gasteiger partial charge in [-0.05, 0) is 32.0 Å². The number of aromatic nitrogens is 2. The van der Waals surface area contributed by atoms with Gasteiger partial charge in [0.25, 0.3) is 0 Å². The Balaban J connectivity index is 2.33. The molecule has 15 heavy (non-hydrogen) atoms. The Kier molecular flexibility index (Phi) is 5.19. The van der Waals surface area contributed by atoms with E-state index in [1.165, 1.54) is 5.03 Å². The van der Waals surface area contributed by atoms with Crippen molar-refractivity contribution < 1.29 is 0 Å². The lowest BCUT2D eigenvalue weighted by Gasteiger charge is -2.10. The Hall–Kier alpha value is -0.480. The molecule has 1 aromatic heterocycles. The first-order valence-corrected chi connectivity index (χ1v) is 6.46. The molecule has 0 spiro atoms. The van der Waals surface area contributed by atoms with Crippen molar-refractivity contribution in [3.63, 3.8) is 0 Å². The average Bonchev–Trinajstić information content (AvgIpc) is 2.51. The molecule has 0 saturated heterocycles. The maximum Gasteiger partial charge on any atom is 0.0939 e. The fraction of sp³-hybridized carbons (Fsp3) is 0.727. The number of aryl methyl sites for hydroxylation is 2. The first-order valence-electron chi connectivity index (χ1n) is 5.47. The number of thioether (sulfide) groups is 1. The SMILES string of the molecule is CCNCC(C)CSc1cc(C)nn1C. The summed E-state index contributed by atoms with van der Waals surface area (Å²) in [6.07, 6.45) is 0. The zero-order valence-electron chi connectivity index (χ0n) is 10.1. The summed E-state index contributed by atoms with van der Waals surface area (Å²) in [5.74, 6) is 1.84. The van der Waals surface area contributed by atoms with Gasteiger partial charge in [0.1, 0.15) is 0 Å². The van der Waals surface area contributed by atoms with Crippen molar-refractivity contribution >= 4 is 11.8 Å². The number of hydrogen-bond acceptors (Lipinski definition) is 3. The van der Waals surface area contributed by atoms with Crippen LogP contribution in [0.3, 0.4) is 0 Å². The zero-order valence-corrected chi connectivity index (χ0v) is 10.9. The van der Waals surface area contributed by atoms with Gasteiger partial charge in [-0.2, -0.15) is 5.10 Å². The van der Waals surface area contributed by atoms with Crippen molar-refractivity contribution in [2.24, 2.45) is 13.0 Å². The second-order valence-corrected chi connectivity index (χ2v) is 5.01. The molecular formula is C11H21N3S. The van der Waals surface area contributed by atoms with Gasteiger partial charge >= 0.3 is 0 Å². The van der Waals surface area contributed by atoms with Crippen LogP contribution in [0, 0.1) is 12.8 Å². The predicted octanol–water partition coefficient (Wildman–Crippen LogP) is 2.07. The van der Waals surface area contributed by atoms with Crippen LogP contribution in [0.5, 0.6) is 0 Å². The Bertz CT molecular complexity index is 296. The molecule has 3 nitrogen and oxygen atoms in total. The van der Waals surface area contributed by atoms with Gasteiger partial charge < -0.3 is 5.32 Å². The molecule has 1 heterocycles. The fourth-order valence-corrected chi connectivity index (χ4v) is 2.45. The predicted molar refractivity (Wildman–Crippen MR) is 66.4 cm³/mol. The van der Waals surface area contributed by atoms with Crippen LogP contribution in [0.4, 0.5) is 0 Å². The third kappa shape index (κ3) is 4.26. The first-order chi connectivity index (χ1) is 7.13. The lowest BCUT2D eigenvalue weighted by Crippen LogP contribution is -2.21. The summed E-state index contributed by atoms with van der Waals surface area (Å²) in [5.41, 5.74) is 1.10. The van der Waals surface area contributed by atoms with Crippen LogP contribution < -0.4 is 5.32 Å². The summed E-state index contributed by atoms with van der Waals surface area (Å²) in [6.45, 7) is 8.61. The molecule has 1 rings (SSSR count). The summed E-state index contributed by atoms with van der Waals surface area (Å²) in [6, 6.07) is 2.14. The van der Waals surface area contributed by atoms with E-state index in [4.69, 9.17) is 0 Å². The molecule has 1 unspecified atom stereocenters. The van der Waals surface area contributed by atoms with E-state index in [0.717, 1.165) is 24.5 Å². The van der Waals surface area contributed by atoms with E-state index in [2.05, 4.69) is 30.3 Å². The van der Waals surface area contributed by atoms with Crippen LogP contribution in [0.2, 0.25) is 0 Å². The van der Waals surface area contributed by atoms with Gasteiger partial charge in [-0.15, -0.1) is 11.8 Å². The van der Waals surface area contributed by atoms with Crippen molar-refractivity contribution in [1.29, 1.82) is 0 Å². The summed E-state index contributed by atoms with van der Waals surface area (Å²) >= 11 is 1.89. The van der Waals surface area contributed by atoms with Crippen molar-refractivity contribution in [2.45, 2.75) is 25.8 Å². The number of nitrogens with one attached hydrogen (secondary N) is 1. The highest BCUT2D eigenvalue weighted by Crippen LogP contribution is 2.20. The van der Waals surface area contributed by atoms with Gasteiger partial charge in [-0.25, -0.2) is 0 Å². The molecule has 0 radical (unpaired) electrons. The van der Waals surface area contributed by atoms with Crippen molar-refractivity contribution in [2.75, 3.05) is 18.8 Å². The van der Waals surface area contributed by atoms with Gasteiger partial charge in [-0.3, -0.25) is 4.68 Å². The van der Waals surface area contributed by atoms with Crippen molar-refractivity contribution in [3.05, 3.63) is 11.8 Å². The lowest BCUT2D eigenvalue weighted by molar-refractivity contribution is 0.573. The third-order valence-corrected chi connectivity index (χ3v) is 3.63. The normalized spacial score (nSPS) is 13.1. The van der Waals surface area contributed by atoms with Crippen LogP contribution in [0.15, 0.2) is 11.1 Å². The van der Waals surface area contributed by atoms with E-state index in [9.17, 15) is 0 Å². The molecule has 0 fully saturated rings. The molecular weight excluding hydrogens is 206 g/mol. The van der Waals surface area contributed by atoms with E-state index >= 15 is 0 Å². The molecule has 1 atom stereocenters. The van der Waals surface area contributed by atoms with E-state index in [1.54, 1.807) is 0 Å². The monoisotopic (exact) mass is 227 g/mol. The molecule has 0 aliphatic carbocycles. The van der Waals surface area contributed by atoms with Gasteiger partial charge in [0.05, 0.1) is 10.7 Å². The summed E-state index contributed by atoms with van der Waals surface area (Å²) in [5, 5.41) is 8.96. The summed E-state index contributed by atoms with van der Waals surface area (Å²) in [4.78, 5) is 0. The summed E-state index contributed by atoms with van der Waals surface area (Å²) in [7, 11) is 2.00. The molecule has 1 aromatic rings. The highest BCUT2D eigenvalue weighted by Gasteiger charge is 2.06. The number of rotatable bonds is 6. The maximum absolute atomic E-state index is 4.33. The van der Waals surface area contributed by atoms with Crippen molar-refractivity contribution in [3.8, 4) is 0 Å². The van der Waals surface area contributed by atoms with Crippen LogP contribution in [0.1, 0.15) is 19.5 Å². The number of nitrogens with zero attached hydrogens (tertiary/aromatic N) is 2. The molecule has 0 aromatic carbocycles. The van der Waals surface area contributed by atoms with Crippen LogP contribution in [-0.2, 0) is 7.05 Å². The minimum absolute atomic E-state index is 0.699. The smallest absolute Gasteiger partial charge is 0.0939 e. The Morgan fingerprint density at radius 2 is 2.33 bits per heavy atom. The first kappa shape index (κ1) is 12.6. The highest BCUT2D eigenvalue weighted by molar-refractivity contribution is 7.99. The Morgan fingerprint density at radius 3 is 2.87 bits per heavy atom. The van der Waals surface area contributed by atoms with E-state index < -0.39 is 0 Å². The van der Waals surface area contributed by atoms with Gasteiger partial charge in [-0.1, -0.05) is 13.8 Å². The topological polar surface area (TPSA) is 29.9 Å². The second kappa shape index (κ2) is 6.18. The van der Waals surface area contributed by atoms with E-state index in [0.29, 0.717) is 5.92 Å². The molecule has 4 heteroatoms. The minimum Gasteiger partial charge on any atom is -0.317 e. The second-order valence-electron chi connectivity index (χ2n) is 3.97. The average molecular weight is 227 g/mol. The molecule has 0 bridgehead atoms. The molecule has 0 saturated carbocycles. The van der Waals surface area contributed by atoms with E-state index in [-0.39, 0.29) is 0 Å². The number of hydrogen-bond donors (Lipinski definition) is 1. The molecule has 0 aliphatic rings. The molecule has 1 N–H and O–H groups in total. The largest absolute Gasteiger partial charge is 0.317 e. The van der Waals surface area contributed by atoms with Gasteiger partial charge in [0, 0.05) is 12.8 Å². The Labute approximate surface area is 96.6 Å². The van der Waals surface area contributed by atoms with Gasteiger partial charge in [0.15, 0.2) is 0 Å². The highest BCUT2D eigenvalue weighted by atomic mass is 32.2. The zero-order chi connectivity index (χ0) is 11.3. The quantitative estimate of drug-likeness (QED) is 0.755. The van der Waals surface area contributed by atoms with Gasteiger partial charge in [0.2, 0.25) is 0 Å². The summed E-state index contributed by atoms with van der Waals surface area (Å²) < 4.78 is 1.96. The van der Waals surface area contributed by atoms with Crippen LogP contribution in [-0.4, -0.2) is 28.6 Å². The molecule has 0 amide bonds. The third-order valence-electron chi connectivity index (χ3n) is 2.22. The van der Waals surface area contributed by atoms with E-state index in [1.807, 2.05) is 30.4 Å². The standard InChI is InChI=1S/C11H21N3S/c1-5-12-7-9(2)8-15-11-6-10(3)13-14(11)4/h6,9,12H,5,7-8H2,1-4H3. The van der Waals surface area contributed by atoms with Crippen LogP contribution in [0.25, 0.3) is 0 Å². The minimum atomic E-state index is 0.699. The Morgan fingerprint density at radius 1 is 1.60 bits per heavy atom. The molecule has 0 aliphatic heterocycles. The maximum atomic E-state index is 4.33. The van der Waals surface area contributed by atoms with Crippen molar-refractivity contribution in [1.82, 2.24) is 15.1 Å². The lowest BCUT2D eigenvalue weighted by atomic mass is 10.2.